The number of aryl methyl sites for hydroxylation is 1. The molecule has 0 saturated carbocycles. The molecule has 6 rings (SSSR count). The predicted molar refractivity (Wildman–Crippen MR) is 153 cm³/mol. The van der Waals surface area contributed by atoms with Gasteiger partial charge in [0, 0.05) is 21.8 Å². The van der Waals surface area contributed by atoms with Gasteiger partial charge in [-0.05, 0) is 54.3 Å². The molecule has 12 heteroatoms. The third-order valence-electron chi connectivity index (χ3n) is 6.61. The molecule has 0 spiro atoms. The van der Waals surface area contributed by atoms with Gasteiger partial charge in [-0.2, -0.15) is 5.10 Å². The lowest BCUT2D eigenvalue weighted by Crippen LogP contribution is -2.31. The molecule has 0 saturated heterocycles. The zero-order chi connectivity index (χ0) is 27.6. The van der Waals surface area contributed by atoms with Crippen LogP contribution in [0.5, 0.6) is 5.75 Å². The average molecular weight is 580 g/mol. The second-order valence-electron chi connectivity index (χ2n) is 9.26. The number of aromatic nitrogens is 4. The fourth-order valence-corrected chi connectivity index (χ4v) is 6.26. The van der Waals surface area contributed by atoms with Crippen molar-refractivity contribution in [3.05, 3.63) is 82.6 Å². The van der Waals surface area contributed by atoms with E-state index in [1.165, 1.54) is 18.5 Å². The van der Waals surface area contributed by atoms with E-state index in [1.807, 2.05) is 12.3 Å². The van der Waals surface area contributed by atoms with Crippen LogP contribution in [0.4, 0.5) is 15.9 Å². The lowest BCUT2D eigenvalue weighted by atomic mass is 9.95. The normalized spacial score (nSPS) is 12.2. The Bertz CT molecular complexity index is 1720. The zero-order valence-corrected chi connectivity index (χ0v) is 22.8. The molecule has 0 atom stereocenters. The van der Waals surface area contributed by atoms with Crippen molar-refractivity contribution >= 4 is 50.6 Å². The molecule has 1 amide bonds. The Balaban J connectivity index is 1.23. The minimum atomic E-state index is -0.313. The Morgan fingerprint density at radius 1 is 1.20 bits per heavy atom. The number of thiophene rings is 1. The number of rotatable bonds is 9. The highest BCUT2D eigenvalue weighted by molar-refractivity contribution is 7.22. The van der Waals surface area contributed by atoms with Crippen LogP contribution in [0.25, 0.3) is 20.7 Å². The van der Waals surface area contributed by atoms with Crippen LogP contribution in [0, 0.1) is 5.82 Å². The number of halogens is 2. The maximum Gasteiger partial charge on any atom is 0.242 e. The highest BCUT2D eigenvalue weighted by Gasteiger charge is 2.27. The van der Waals surface area contributed by atoms with Gasteiger partial charge in [-0.3, -0.25) is 9.48 Å². The number of benzene rings is 2. The Kier molecular flexibility index (Phi) is 7.33. The molecule has 204 valence electrons. The van der Waals surface area contributed by atoms with Crippen molar-refractivity contribution in [2.75, 3.05) is 18.5 Å². The highest BCUT2D eigenvalue weighted by Crippen LogP contribution is 2.45. The van der Waals surface area contributed by atoms with Crippen LogP contribution < -0.4 is 15.4 Å². The smallest absolute Gasteiger partial charge is 0.242 e. The summed E-state index contributed by atoms with van der Waals surface area (Å²) in [5.74, 6) is 0.710. The molecular weight excluding hydrogens is 555 g/mol. The first-order valence-electron chi connectivity index (χ1n) is 12.7. The molecule has 4 N–H and O–H groups in total. The standard InChI is InChI=1S/C28H24ClFN6O3S/c29-21-11-18(4-7-23(21)39-14-16-2-1-3-17(30)10-16)35-27-25-19-5-6-22-20(26(19)40-28(25)33-15-32-27)12-34-36(22)13-24(38)31-8-9-37/h1-4,7,10-12,15,37H,5-6,8-9,13-14H2,(H,31,38)(H,32,33,35)/p+1. The first kappa shape index (κ1) is 26.2. The van der Waals surface area contributed by atoms with E-state index in [4.69, 9.17) is 21.4 Å². The summed E-state index contributed by atoms with van der Waals surface area (Å²) >= 11 is 8.09. The lowest BCUT2D eigenvalue weighted by molar-refractivity contribution is -0.122. The van der Waals surface area contributed by atoms with Gasteiger partial charge in [-0.1, -0.05) is 23.7 Å². The number of fused-ring (bicyclic) bond motifs is 5. The molecule has 0 bridgehead atoms. The Hall–Kier alpha value is -4.06. The van der Waals surface area contributed by atoms with E-state index in [0.717, 1.165) is 50.4 Å². The van der Waals surface area contributed by atoms with Gasteiger partial charge in [-0.25, -0.2) is 14.4 Å². The minimum absolute atomic E-state index is 0.130. The van der Waals surface area contributed by atoms with Crippen molar-refractivity contribution in [3.8, 4) is 16.2 Å². The van der Waals surface area contributed by atoms with Gasteiger partial charge in [-0.15, -0.1) is 11.3 Å². The molecule has 5 aromatic rings. The summed E-state index contributed by atoms with van der Waals surface area (Å²) in [7, 11) is 0. The fourth-order valence-electron chi connectivity index (χ4n) is 4.80. The minimum Gasteiger partial charge on any atom is -0.487 e. The van der Waals surface area contributed by atoms with Gasteiger partial charge in [0.15, 0.2) is 6.61 Å². The molecule has 40 heavy (non-hydrogen) atoms. The van der Waals surface area contributed by atoms with Crippen LogP contribution in [-0.2, 0) is 30.8 Å². The molecular formula is C28H25ClFN6O3S+. The van der Waals surface area contributed by atoms with Gasteiger partial charge in [0.2, 0.25) is 5.91 Å². The van der Waals surface area contributed by atoms with Gasteiger partial charge >= 0.3 is 0 Å². The molecule has 3 aromatic heterocycles. The Morgan fingerprint density at radius 2 is 2.10 bits per heavy atom. The largest absolute Gasteiger partial charge is 0.487 e. The summed E-state index contributed by atoms with van der Waals surface area (Å²) < 4.78 is 21.0. The summed E-state index contributed by atoms with van der Waals surface area (Å²) in [6, 6.07) is 11.6. The quantitative estimate of drug-likeness (QED) is 0.246. The molecule has 0 aliphatic heterocycles. The molecule has 2 aromatic carbocycles. The summed E-state index contributed by atoms with van der Waals surface area (Å²) in [4.78, 5) is 23.2. The van der Waals surface area contributed by atoms with Gasteiger partial charge in [0.05, 0.1) is 23.2 Å². The molecule has 0 unspecified atom stereocenters. The van der Waals surface area contributed by atoms with Crippen molar-refractivity contribution < 1.29 is 19.0 Å². The van der Waals surface area contributed by atoms with E-state index in [2.05, 4.69) is 25.7 Å². The van der Waals surface area contributed by atoms with Crippen molar-refractivity contribution in [2.24, 2.45) is 0 Å². The Morgan fingerprint density at radius 3 is 2.92 bits per heavy atom. The monoisotopic (exact) mass is 579 g/mol. The van der Waals surface area contributed by atoms with E-state index in [0.29, 0.717) is 28.7 Å². The first-order chi connectivity index (χ1) is 19.5. The number of carbonyl (C=O) groups excluding carboxylic acids is 1. The van der Waals surface area contributed by atoms with Gasteiger partial charge < -0.3 is 20.5 Å². The third kappa shape index (κ3) is 5.23. The molecule has 0 fully saturated rings. The van der Waals surface area contributed by atoms with Crippen LogP contribution in [0.2, 0.25) is 5.02 Å². The van der Waals surface area contributed by atoms with Crippen LogP contribution in [0.1, 0.15) is 16.8 Å². The lowest BCUT2D eigenvalue weighted by Gasteiger charge is -2.16. The van der Waals surface area contributed by atoms with Crippen LogP contribution in [0.3, 0.4) is 0 Å². The maximum absolute atomic E-state index is 13.5. The average Bonchev–Trinajstić information content (AvgIpc) is 3.53. The number of nitrogens with zero attached hydrogens (tertiary/aromatic N) is 4. The van der Waals surface area contributed by atoms with E-state index in [-0.39, 0.29) is 31.5 Å². The van der Waals surface area contributed by atoms with E-state index < -0.39 is 0 Å². The third-order valence-corrected chi connectivity index (χ3v) is 8.08. The molecule has 9 nitrogen and oxygen atoms in total. The number of carbonyl (C=O) groups is 1. The summed E-state index contributed by atoms with van der Waals surface area (Å²) in [5.41, 5.74) is 4.63. The highest BCUT2D eigenvalue weighted by atomic mass is 35.5. The van der Waals surface area contributed by atoms with E-state index in [9.17, 15) is 9.18 Å². The van der Waals surface area contributed by atoms with Crippen molar-refractivity contribution in [2.45, 2.75) is 26.0 Å². The topological polar surface area (TPSA) is 117 Å². The predicted octanol–water partition coefficient (Wildman–Crippen LogP) is 4.61. The Labute approximate surface area is 237 Å². The summed E-state index contributed by atoms with van der Waals surface area (Å²) in [5, 5.41) is 19.2. The maximum atomic E-state index is 13.5. The SMILES string of the molecule is O=C(Cn1ncc2c1CCc1c-2sc2ncnc(Nc3ccc(OCc4cccc(F)c4)c(Cl)c3)c12)NCC[OH2+]. The van der Waals surface area contributed by atoms with E-state index in [1.54, 1.807) is 40.3 Å². The number of amides is 1. The number of ether oxygens (including phenoxy) is 1. The number of anilines is 2. The van der Waals surface area contributed by atoms with Crippen molar-refractivity contribution in [3.63, 3.8) is 0 Å². The van der Waals surface area contributed by atoms with Crippen LogP contribution in [0.15, 0.2) is 55.0 Å². The molecule has 1 aliphatic carbocycles. The van der Waals surface area contributed by atoms with Gasteiger partial charge in [0.25, 0.3) is 0 Å². The van der Waals surface area contributed by atoms with Crippen LogP contribution >= 0.6 is 22.9 Å². The number of hydrogen-bond acceptors (Lipinski definition) is 7. The number of hydrogen-bond donors (Lipinski definition) is 2. The summed E-state index contributed by atoms with van der Waals surface area (Å²) in [6.45, 7) is 0.802. The molecule has 1 aliphatic rings. The second-order valence-corrected chi connectivity index (χ2v) is 10.7. The molecule has 3 heterocycles. The molecule has 0 radical (unpaired) electrons. The number of nitrogens with one attached hydrogen (secondary N) is 2. The zero-order valence-electron chi connectivity index (χ0n) is 21.2. The first-order valence-corrected chi connectivity index (χ1v) is 13.9. The fraction of sp³-hybridized carbons (Fsp3) is 0.214. The summed E-state index contributed by atoms with van der Waals surface area (Å²) in [6.07, 6.45) is 4.84. The van der Waals surface area contributed by atoms with Crippen molar-refractivity contribution in [1.82, 2.24) is 25.1 Å². The van der Waals surface area contributed by atoms with Crippen molar-refractivity contribution in [1.29, 1.82) is 0 Å². The van der Waals surface area contributed by atoms with Crippen LogP contribution in [-0.4, -0.2) is 43.9 Å². The van der Waals surface area contributed by atoms with E-state index >= 15 is 0 Å². The second kappa shape index (κ2) is 11.2. The van der Waals surface area contributed by atoms with Gasteiger partial charge in [0.1, 0.15) is 41.7 Å².